The van der Waals surface area contributed by atoms with Crippen LogP contribution < -0.4 is 5.73 Å². The summed E-state index contributed by atoms with van der Waals surface area (Å²) in [6, 6.07) is 0. The molecule has 0 aromatic carbocycles. The maximum atomic E-state index is 12.2. The quantitative estimate of drug-likeness (QED) is 0.803. The van der Waals surface area contributed by atoms with Crippen LogP contribution in [0.3, 0.4) is 0 Å². The van der Waals surface area contributed by atoms with E-state index in [0.29, 0.717) is 18.8 Å². The number of carbonyl (C=O) groups is 1. The molecule has 0 saturated heterocycles. The molecule has 6 heteroatoms. The van der Waals surface area contributed by atoms with Gasteiger partial charge in [-0.1, -0.05) is 0 Å². The van der Waals surface area contributed by atoms with E-state index in [9.17, 15) is 4.79 Å². The minimum absolute atomic E-state index is 0.00667. The van der Waals surface area contributed by atoms with Gasteiger partial charge in [-0.3, -0.25) is 4.79 Å². The highest BCUT2D eigenvalue weighted by molar-refractivity contribution is 7.09. The Morgan fingerprint density at radius 1 is 1.44 bits per heavy atom. The number of carbonyl (C=O) groups excluding carboxylic acids is 1. The zero-order valence-corrected chi connectivity index (χ0v) is 12.2. The third-order valence-electron chi connectivity index (χ3n) is 2.65. The van der Waals surface area contributed by atoms with Crippen LogP contribution in [0.25, 0.3) is 0 Å². The molecule has 0 aliphatic rings. The Morgan fingerprint density at radius 3 is 2.67 bits per heavy atom. The van der Waals surface area contributed by atoms with Crippen molar-refractivity contribution in [1.82, 2.24) is 14.8 Å². The van der Waals surface area contributed by atoms with Gasteiger partial charge in [0, 0.05) is 25.0 Å². The molecule has 1 aromatic rings. The molecule has 0 unspecified atom stereocenters. The first-order valence-electron chi connectivity index (χ1n) is 6.17. The molecule has 1 heterocycles. The van der Waals surface area contributed by atoms with Crippen LogP contribution in [0.15, 0.2) is 5.38 Å². The van der Waals surface area contributed by atoms with Crippen molar-refractivity contribution in [1.29, 1.82) is 0 Å². The molecule has 18 heavy (non-hydrogen) atoms. The fourth-order valence-electron chi connectivity index (χ4n) is 1.65. The third kappa shape index (κ3) is 4.36. The molecule has 1 rings (SSSR count). The zero-order chi connectivity index (χ0) is 13.5. The average Bonchev–Trinajstić information content (AvgIpc) is 2.82. The van der Waals surface area contributed by atoms with Crippen molar-refractivity contribution in [2.24, 2.45) is 5.73 Å². The molecular weight excluding hydrogens is 248 g/mol. The molecule has 0 fully saturated rings. The highest BCUT2D eigenvalue weighted by Crippen LogP contribution is 2.11. The van der Waals surface area contributed by atoms with Crippen molar-refractivity contribution in [3.63, 3.8) is 0 Å². The Bertz CT molecular complexity index is 378. The molecule has 0 bridgehead atoms. The van der Waals surface area contributed by atoms with Crippen molar-refractivity contribution < 1.29 is 4.79 Å². The molecule has 0 radical (unpaired) electrons. The third-order valence-corrected chi connectivity index (χ3v) is 3.52. The van der Waals surface area contributed by atoms with Gasteiger partial charge in [0.05, 0.1) is 0 Å². The largest absolute Gasteiger partial charge is 0.338 e. The number of nitrogens with two attached hydrogens (primary N) is 1. The maximum absolute atomic E-state index is 12.2. The number of hydrogen-bond donors (Lipinski definition) is 1. The molecule has 0 spiro atoms. The predicted molar refractivity (Wildman–Crippen MR) is 74.8 cm³/mol. The topological polar surface area (TPSA) is 62.5 Å². The SMILES string of the molecule is CCN(CCCN(C)C)C(=O)c1csc(CN)n1. The van der Waals surface area contributed by atoms with Crippen LogP contribution >= 0.6 is 11.3 Å². The molecule has 2 N–H and O–H groups in total. The van der Waals surface area contributed by atoms with Crippen LogP contribution in [-0.2, 0) is 6.54 Å². The number of aromatic nitrogens is 1. The van der Waals surface area contributed by atoms with Crippen molar-refractivity contribution in [2.75, 3.05) is 33.7 Å². The number of hydrogen-bond acceptors (Lipinski definition) is 5. The Morgan fingerprint density at radius 2 is 2.17 bits per heavy atom. The fraction of sp³-hybridized carbons (Fsp3) is 0.667. The molecule has 0 atom stereocenters. The van der Waals surface area contributed by atoms with Gasteiger partial charge in [-0.25, -0.2) is 4.98 Å². The summed E-state index contributed by atoms with van der Waals surface area (Å²) in [6.07, 6.45) is 0.973. The number of rotatable bonds is 7. The molecule has 102 valence electrons. The van der Waals surface area contributed by atoms with Crippen LogP contribution in [0.1, 0.15) is 28.8 Å². The summed E-state index contributed by atoms with van der Waals surface area (Å²) in [7, 11) is 4.07. The van der Waals surface area contributed by atoms with E-state index in [1.165, 1.54) is 11.3 Å². The van der Waals surface area contributed by atoms with Crippen LogP contribution in [0.4, 0.5) is 0 Å². The van der Waals surface area contributed by atoms with Crippen LogP contribution in [0, 0.1) is 0 Å². The summed E-state index contributed by atoms with van der Waals surface area (Å²) in [5, 5.41) is 2.60. The average molecular weight is 270 g/mol. The number of amides is 1. The number of nitrogens with zero attached hydrogens (tertiary/aromatic N) is 3. The second-order valence-electron chi connectivity index (χ2n) is 4.37. The smallest absolute Gasteiger partial charge is 0.273 e. The normalized spacial score (nSPS) is 10.9. The Labute approximate surface area is 113 Å². The zero-order valence-electron chi connectivity index (χ0n) is 11.3. The van der Waals surface area contributed by atoms with Gasteiger partial charge in [-0.15, -0.1) is 11.3 Å². The lowest BCUT2D eigenvalue weighted by atomic mass is 10.3. The fourth-order valence-corrected chi connectivity index (χ4v) is 2.29. The van der Waals surface area contributed by atoms with Gasteiger partial charge in [-0.05, 0) is 34.0 Å². The van der Waals surface area contributed by atoms with E-state index in [0.717, 1.165) is 24.5 Å². The molecule has 1 aromatic heterocycles. The lowest BCUT2D eigenvalue weighted by Gasteiger charge is -2.20. The standard InChI is InChI=1S/C12H22N4OS/c1-4-16(7-5-6-15(2)3)12(17)10-9-18-11(8-13)14-10/h9H,4-8,13H2,1-3H3. The van der Waals surface area contributed by atoms with E-state index in [-0.39, 0.29) is 5.91 Å². The van der Waals surface area contributed by atoms with Crippen molar-refractivity contribution >= 4 is 17.2 Å². The first kappa shape index (κ1) is 15.1. The van der Waals surface area contributed by atoms with E-state index in [1.54, 1.807) is 5.38 Å². The number of thiazole rings is 1. The summed E-state index contributed by atoms with van der Waals surface area (Å²) in [5.41, 5.74) is 6.02. The van der Waals surface area contributed by atoms with E-state index in [1.807, 2.05) is 25.9 Å². The monoisotopic (exact) mass is 270 g/mol. The van der Waals surface area contributed by atoms with Crippen molar-refractivity contribution in [3.8, 4) is 0 Å². The lowest BCUT2D eigenvalue weighted by molar-refractivity contribution is 0.0754. The van der Waals surface area contributed by atoms with E-state index in [4.69, 9.17) is 5.73 Å². The molecule has 0 aliphatic carbocycles. The highest BCUT2D eigenvalue weighted by Gasteiger charge is 2.16. The summed E-state index contributed by atoms with van der Waals surface area (Å²) >= 11 is 1.44. The van der Waals surface area contributed by atoms with Gasteiger partial charge < -0.3 is 15.5 Å². The van der Waals surface area contributed by atoms with Gasteiger partial charge >= 0.3 is 0 Å². The maximum Gasteiger partial charge on any atom is 0.273 e. The molecule has 0 aliphatic heterocycles. The highest BCUT2D eigenvalue weighted by atomic mass is 32.1. The van der Waals surface area contributed by atoms with Gasteiger partial charge in [0.1, 0.15) is 10.7 Å². The van der Waals surface area contributed by atoms with Gasteiger partial charge in [0.15, 0.2) is 0 Å². The van der Waals surface area contributed by atoms with E-state index >= 15 is 0 Å². The van der Waals surface area contributed by atoms with Gasteiger partial charge in [0.2, 0.25) is 0 Å². The minimum Gasteiger partial charge on any atom is -0.338 e. The molecule has 0 saturated carbocycles. The minimum atomic E-state index is 0.00667. The Hall–Kier alpha value is -0.980. The van der Waals surface area contributed by atoms with E-state index < -0.39 is 0 Å². The van der Waals surface area contributed by atoms with Gasteiger partial charge in [-0.2, -0.15) is 0 Å². The second kappa shape index (κ2) is 7.45. The van der Waals surface area contributed by atoms with Crippen molar-refractivity contribution in [2.45, 2.75) is 19.9 Å². The second-order valence-corrected chi connectivity index (χ2v) is 5.31. The van der Waals surface area contributed by atoms with E-state index in [2.05, 4.69) is 9.88 Å². The molecule has 1 amide bonds. The van der Waals surface area contributed by atoms with Crippen LogP contribution in [-0.4, -0.2) is 54.4 Å². The summed E-state index contributed by atoms with van der Waals surface area (Å²) in [4.78, 5) is 20.4. The first-order chi connectivity index (χ1) is 8.58. The molecule has 5 nitrogen and oxygen atoms in total. The van der Waals surface area contributed by atoms with Crippen LogP contribution in [0.2, 0.25) is 0 Å². The summed E-state index contributed by atoms with van der Waals surface area (Å²) in [5.74, 6) is 0.00667. The van der Waals surface area contributed by atoms with Crippen molar-refractivity contribution in [3.05, 3.63) is 16.1 Å². The summed E-state index contributed by atoms with van der Waals surface area (Å²) in [6.45, 7) is 4.84. The first-order valence-corrected chi connectivity index (χ1v) is 7.05. The molecular formula is C12H22N4OS. The Kier molecular flexibility index (Phi) is 6.24. The summed E-state index contributed by atoms with van der Waals surface area (Å²) < 4.78 is 0. The Balaban J connectivity index is 2.55. The predicted octanol–water partition coefficient (Wildman–Crippen LogP) is 1.02. The van der Waals surface area contributed by atoms with Gasteiger partial charge in [0.25, 0.3) is 5.91 Å². The van der Waals surface area contributed by atoms with Crippen LogP contribution in [0.5, 0.6) is 0 Å². The lowest BCUT2D eigenvalue weighted by Crippen LogP contribution is -2.33.